The first-order valence-electron chi connectivity index (χ1n) is 12.8. The van der Waals surface area contributed by atoms with E-state index in [9.17, 15) is 14.4 Å². The summed E-state index contributed by atoms with van der Waals surface area (Å²) in [6, 6.07) is 12.2. The Morgan fingerprint density at radius 2 is 1.85 bits per heavy atom. The number of amides is 3. The number of hydrogen-bond acceptors (Lipinski definition) is 6. The summed E-state index contributed by atoms with van der Waals surface area (Å²) in [4.78, 5) is 42.3. The number of rotatable bonds is 10. The van der Waals surface area contributed by atoms with Gasteiger partial charge in [-0.15, -0.1) is 0 Å². The Kier molecular flexibility index (Phi) is 9.81. The number of nitrogens with one attached hydrogen (secondary N) is 4. The van der Waals surface area contributed by atoms with Crippen LogP contribution in [-0.2, 0) is 4.79 Å². The number of carbonyl (C=O) groups excluding carboxylic acids is 3. The smallest absolute Gasteiger partial charge is 0.271 e. The minimum atomic E-state index is -0.547. The lowest BCUT2D eigenvalue weighted by molar-refractivity contribution is -0.111. The quantitative estimate of drug-likeness (QED) is 0.262. The molecule has 1 fully saturated rings. The summed E-state index contributed by atoms with van der Waals surface area (Å²) >= 11 is 12.3. The summed E-state index contributed by atoms with van der Waals surface area (Å²) in [6.45, 7) is 2.18. The first-order chi connectivity index (χ1) is 19.2. The van der Waals surface area contributed by atoms with Crippen LogP contribution in [0, 0.1) is 0 Å². The number of nitrogens with zero attached hydrogens (tertiary/aromatic N) is 3. The summed E-state index contributed by atoms with van der Waals surface area (Å²) in [7, 11) is 3.98. The van der Waals surface area contributed by atoms with Crippen molar-refractivity contribution >= 4 is 58.0 Å². The standard InChI is InChI=1S/C28H31Cl2N7O3/c1-36(2)13-4-3-11-24(38)32-18-7-5-8-20(15-18)37-14-12-19(17-37)33-28(40)26-23(16-31-35-26)34-27(39)25-21(29)9-6-10-22(25)30/h3,5-11,15-16,19H,4,12-14,17H2,1-2H3,(H,31,35)(H,32,38)(H,33,40)(H,34,39). The highest BCUT2D eigenvalue weighted by Crippen LogP contribution is 2.27. The van der Waals surface area contributed by atoms with Gasteiger partial charge in [0.25, 0.3) is 11.8 Å². The first kappa shape index (κ1) is 29.1. The van der Waals surface area contributed by atoms with E-state index in [0.29, 0.717) is 12.2 Å². The average Bonchev–Trinajstić information content (AvgIpc) is 3.56. The summed E-state index contributed by atoms with van der Waals surface area (Å²) in [6.07, 6.45) is 6.28. The molecule has 4 N–H and O–H groups in total. The molecule has 2 aromatic carbocycles. The molecule has 1 saturated heterocycles. The molecule has 1 aliphatic heterocycles. The highest BCUT2D eigenvalue weighted by molar-refractivity contribution is 6.40. The molecule has 12 heteroatoms. The van der Waals surface area contributed by atoms with E-state index < -0.39 is 11.8 Å². The van der Waals surface area contributed by atoms with Crippen molar-refractivity contribution < 1.29 is 14.4 Å². The molecule has 0 aliphatic carbocycles. The maximum Gasteiger partial charge on any atom is 0.271 e. The second kappa shape index (κ2) is 13.5. The van der Waals surface area contributed by atoms with Crippen LogP contribution in [0.1, 0.15) is 33.7 Å². The van der Waals surface area contributed by atoms with Gasteiger partial charge in [0.15, 0.2) is 0 Å². The van der Waals surface area contributed by atoms with Crippen molar-refractivity contribution in [1.29, 1.82) is 0 Å². The Hall–Kier alpha value is -3.86. The zero-order chi connectivity index (χ0) is 28.6. The number of aromatic amines is 1. The Morgan fingerprint density at radius 1 is 1.10 bits per heavy atom. The SMILES string of the molecule is CN(C)CCC=CC(=O)Nc1cccc(N2CCC(NC(=O)c3[nH]ncc3NC(=O)c3c(Cl)cccc3Cl)C2)c1. The molecule has 0 bridgehead atoms. The fourth-order valence-corrected chi connectivity index (χ4v) is 4.88. The van der Waals surface area contributed by atoms with Crippen molar-refractivity contribution in [3.63, 3.8) is 0 Å². The normalized spacial score (nSPS) is 15.0. The summed E-state index contributed by atoms with van der Waals surface area (Å²) in [5, 5.41) is 15.5. The van der Waals surface area contributed by atoms with Crippen molar-refractivity contribution in [2.45, 2.75) is 18.9 Å². The average molecular weight is 585 g/mol. The Morgan fingerprint density at radius 3 is 2.60 bits per heavy atom. The summed E-state index contributed by atoms with van der Waals surface area (Å²) < 4.78 is 0. The number of aromatic nitrogens is 2. The van der Waals surface area contributed by atoms with E-state index in [1.807, 2.05) is 44.4 Å². The van der Waals surface area contributed by atoms with E-state index in [-0.39, 0.29) is 38.9 Å². The topological polar surface area (TPSA) is 122 Å². The highest BCUT2D eigenvalue weighted by Gasteiger charge is 2.27. The van der Waals surface area contributed by atoms with Gasteiger partial charge in [0.2, 0.25) is 5.91 Å². The van der Waals surface area contributed by atoms with Crippen LogP contribution in [0.4, 0.5) is 17.1 Å². The van der Waals surface area contributed by atoms with Gasteiger partial charge in [-0.2, -0.15) is 5.10 Å². The predicted octanol–water partition coefficient (Wildman–Crippen LogP) is 4.42. The van der Waals surface area contributed by atoms with Gasteiger partial charge >= 0.3 is 0 Å². The van der Waals surface area contributed by atoms with Crippen molar-refractivity contribution in [3.05, 3.63) is 82.1 Å². The molecule has 2 heterocycles. The lowest BCUT2D eigenvalue weighted by atomic mass is 10.2. The number of anilines is 3. The minimum absolute atomic E-state index is 0.114. The third-order valence-electron chi connectivity index (χ3n) is 6.32. The second-order valence-electron chi connectivity index (χ2n) is 9.65. The molecule has 3 amide bonds. The largest absolute Gasteiger partial charge is 0.369 e. The van der Waals surface area contributed by atoms with Gasteiger partial charge in [-0.1, -0.05) is 41.4 Å². The molecule has 0 spiro atoms. The molecule has 0 saturated carbocycles. The molecule has 4 rings (SSSR count). The maximum atomic E-state index is 13.0. The van der Waals surface area contributed by atoms with E-state index >= 15 is 0 Å². The van der Waals surface area contributed by atoms with Crippen LogP contribution in [0.15, 0.2) is 60.8 Å². The number of carbonyl (C=O) groups is 3. The molecule has 3 aromatic rings. The van der Waals surface area contributed by atoms with E-state index in [1.165, 1.54) is 6.20 Å². The lowest BCUT2D eigenvalue weighted by Gasteiger charge is -2.20. The van der Waals surface area contributed by atoms with Crippen molar-refractivity contribution in [1.82, 2.24) is 20.4 Å². The Bertz CT molecular complexity index is 1390. The molecular weight excluding hydrogens is 553 g/mol. The molecule has 210 valence electrons. The molecule has 1 aromatic heterocycles. The second-order valence-corrected chi connectivity index (χ2v) is 10.5. The first-order valence-corrected chi connectivity index (χ1v) is 13.5. The van der Waals surface area contributed by atoms with Crippen molar-refractivity contribution in [2.75, 3.05) is 49.3 Å². The van der Waals surface area contributed by atoms with Crippen LogP contribution in [0.25, 0.3) is 0 Å². The fourth-order valence-electron chi connectivity index (χ4n) is 4.31. The van der Waals surface area contributed by atoms with E-state index in [4.69, 9.17) is 23.2 Å². The highest BCUT2D eigenvalue weighted by atomic mass is 35.5. The Balaban J connectivity index is 1.33. The third kappa shape index (κ3) is 7.62. The molecular formula is C28H31Cl2N7O3. The van der Waals surface area contributed by atoms with Gasteiger partial charge in [-0.25, -0.2) is 0 Å². The van der Waals surface area contributed by atoms with Crippen LogP contribution in [0.3, 0.4) is 0 Å². The van der Waals surface area contributed by atoms with Gasteiger partial charge in [0, 0.05) is 37.1 Å². The maximum absolute atomic E-state index is 13.0. The fraction of sp³-hybridized carbons (Fsp3) is 0.286. The number of hydrogen-bond donors (Lipinski definition) is 4. The van der Waals surface area contributed by atoms with E-state index in [0.717, 1.165) is 31.6 Å². The molecule has 40 heavy (non-hydrogen) atoms. The molecule has 1 unspecified atom stereocenters. The number of H-pyrrole nitrogens is 1. The molecule has 10 nitrogen and oxygen atoms in total. The van der Waals surface area contributed by atoms with E-state index in [1.54, 1.807) is 24.3 Å². The minimum Gasteiger partial charge on any atom is -0.369 e. The summed E-state index contributed by atoms with van der Waals surface area (Å²) in [5.41, 5.74) is 2.09. The van der Waals surface area contributed by atoms with Gasteiger partial charge in [0.1, 0.15) is 5.69 Å². The van der Waals surface area contributed by atoms with E-state index in [2.05, 4.69) is 35.9 Å². The van der Waals surface area contributed by atoms with Crippen LogP contribution < -0.4 is 20.9 Å². The van der Waals surface area contributed by atoms with Gasteiger partial charge < -0.3 is 25.8 Å². The molecule has 0 radical (unpaired) electrons. The monoisotopic (exact) mass is 583 g/mol. The van der Waals surface area contributed by atoms with Crippen molar-refractivity contribution in [3.8, 4) is 0 Å². The zero-order valence-corrected chi connectivity index (χ0v) is 23.7. The summed E-state index contributed by atoms with van der Waals surface area (Å²) in [5.74, 6) is -1.12. The van der Waals surface area contributed by atoms with Gasteiger partial charge in [-0.05, 0) is 63.3 Å². The van der Waals surface area contributed by atoms with Crippen LogP contribution >= 0.6 is 23.2 Å². The lowest BCUT2D eigenvalue weighted by Crippen LogP contribution is -2.37. The van der Waals surface area contributed by atoms with Crippen LogP contribution in [0.5, 0.6) is 0 Å². The predicted molar refractivity (Wildman–Crippen MR) is 158 cm³/mol. The molecule has 1 aliphatic rings. The molecule has 1 atom stereocenters. The third-order valence-corrected chi connectivity index (χ3v) is 6.95. The van der Waals surface area contributed by atoms with Crippen LogP contribution in [0.2, 0.25) is 10.0 Å². The van der Waals surface area contributed by atoms with Crippen LogP contribution in [-0.4, -0.2) is 72.6 Å². The van der Waals surface area contributed by atoms with Gasteiger partial charge in [0.05, 0.1) is 27.5 Å². The zero-order valence-electron chi connectivity index (χ0n) is 22.2. The van der Waals surface area contributed by atoms with Gasteiger partial charge in [-0.3, -0.25) is 19.5 Å². The number of halogens is 2. The van der Waals surface area contributed by atoms with Crippen molar-refractivity contribution in [2.24, 2.45) is 0 Å². The number of benzene rings is 2. The Labute approximate surface area is 242 Å².